The smallest absolute Gasteiger partial charge is 0.0754 e. The van der Waals surface area contributed by atoms with E-state index in [4.69, 9.17) is 10.8 Å². The molecule has 0 aromatic rings. The zero-order chi connectivity index (χ0) is 6.41. The number of aliphatic hydroxyl groups is 1. The van der Waals surface area contributed by atoms with Crippen molar-refractivity contribution in [3.63, 3.8) is 0 Å². The van der Waals surface area contributed by atoms with E-state index in [0.29, 0.717) is 6.42 Å². The van der Waals surface area contributed by atoms with Crippen LogP contribution in [0.2, 0.25) is 0 Å². The van der Waals surface area contributed by atoms with Crippen LogP contribution in [0.25, 0.3) is 0 Å². The van der Waals surface area contributed by atoms with Gasteiger partial charge in [0.15, 0.2) is 0 Å². The Morgan fingerprint density at radius 1 is 1.75 bits per heavy atom. The van der Waals surface area contributed by atoms with Crippen LogP contribution in [-0.2, 0) is 0 Å². The first kappa shape index (κ1) is 7.08. The Hall–Kier alpha value is -0.920. The van der Waals surface area contributed by atoms with Crippen LogP contribution in [-0.4, -0.2) is 5.11 Å². The highest BCUT2D eigenvalue weighted by Gasteiger charge is 1.72. The molecule has 0 amide bonds. The number of aliphatic hydroxyl groups excluding tert-OH is 1. The molecule has 3 N–H and O–H groups in total. The van der Waals surface area contributed by atoms with Gasteiger partial charge in [-0.2, -0.15) is 0 Å². The van der Waals surface area contributed by atoms with E-state index in [1.807, 2.05) is 13.0 Å². The van der Waals surface area contributed by atoms with Crippen LogP contribution in [0.4, 0.5) is 0 Å². The summed E-state index contributed by atoms with van der Waals surface area (Å²) < 4.78 is 0. The van der Waals surface area contributed by atoms with Crippen molar-refractivity contribution < 1.29 is 5.11 Å². The van der Waals surface area contributed by atoms with Crippen LogP contribution in [0, 0.1) is 0 Å². The van der Waals surface area contributed by atoms with E-state index in [0.717, 1.165) is 12.0 Å². The summed E-state index contributed by atoms with van der Waals surface area (Å²) in [5.41, 5.74) is 6.06. The van der Waals surface area contributed by atoms with Gasteiger partial charge in [0.25, 0.3) is 0 Å². The average molecular weight is 113 g/mol. The topological polar surface area (TPSA) is 46.2 Å². The highest BCUT2D eigenvalue weighted by atomic mass is 16.2. The minimum Gasteiger partial charge on any atom is -0.516 e. The maximum Gasteiger partial charge on any atom is 0.0754 e. The summed E-state index contributed by atoms with van der Waals surface area (Å²) in [5.74, 6) is 0. The first-order valence-electron chi connectivity index (χ1n) is 2.49. The molecule has 0 saturated carbocycles. The zero-order valence-electron chi connectivity index (χ0n) is 4.96. The van der Waals surface area contributed by atoms with Crippen molar-refractivity contribution >= 4 is 0 Å². The van der Waals surface area contributed by atoms with E-state index >= 15 is 0 Å². The van der Waals surface area contributed by atoms with E-state index in [1.165, 1.54) is 0 Å². The van der Waals surface area contributed by atoms with Crippen LogP contribution >= 0.6 is 0 Å². The molecule has 0 bridgehead atoms. The van der Waals surface area contributed by atoms with Crippen molar-refractivity contribution in [1.29, 1.82) is 0 Å². The predicted molar refractivity (Wildman–Crippen MR) is 34.3 cm³/mol. The standard InChI is InChI=1S/C6H11NO/c1-6(7)4-2-3-5-8/h3-5,8H,2,7H2,1H3/b5-3-,6-4+. The Balaban J connectivity index is 3.30. The van der Waals surface area contributed by atoms with Gasteiger partial charge in [0, 0.05) is 5.70 Å². The van der Waals surface area contributed by atoms with Gasteiger partial charge in [0.05, 0.1) is 6.26 Å². The first-order valence-corrected chi connectivity index (χ1v) is 2.49. The summed E-state index contributed by atoms with van der Waals surface area (Å²) in [6, 6.07) is 0. The molecule has 0 saturated heterocycles. The predicted octanol–water partition coefficient (Wildman–Crippen LogP) is 1.31. The number of nitrogens with two attached hydrogens (primary N) is 1. The Morgan fingerprint density at radius 2 is 2.38 bits per heavy atom. The van der Waals surface area contributed by atoms with Gasteiger partial charge >= 0.3 is 0 Å². The maximum absolute atomic E-state index is 8.13. The van der Waals surface area contributed by atoms with Gasteiger partial charge < -0.3 is 10.8 Å². The monoisotopic (exact) mass is 113 g/mol. The SMILES string of the molecule is C/C(N)=C\C/C=C\O. The van der Waals surface area contributed by atoms with Crippen molar-refractivity contribution in [1.82, 2.24) is 0 Å². The zero-order valence-corrected chi connectivity index (χ0v) is 4.96. The average Bonchev–Trinajstić information content (AvgIpc) is 1.66. The summed E-state index contributed by atoms with van der Waals surface area (Å²) in [5, 5.41) is 8.13. The molecule has 2 heteroatoms. The highest BCUT2D eigenvalue weighted by Crippen LogP contribution is 1.86. The molecule has 0 rings (SSSR count). The third-order valence-corrected chi connectivity index (χ3v) is 0.681. The van der Waals surface area contributed by atoms with E-state index in [9.17, 15) is 0 Å². The summed E-state index contributed by atoms with van der Waals surface area (Å²) >= 11 is 0. The van der Waals surface area contributed by atoms with Crippen LogP contribution in [0.3, 0.4) is 0 Å². The molecule has 0 aliphatic heterocycles. The molecule has 0 aromatic heterocycles. The minimum atomic E-state index is 0.707. The van der Waals surface area contributed by atoms with Gasteiger partial charge in [-0.15, -0.1) is 0 Å². The van der Waals surface area contributed by atoms with Gasteiger partial charge in [0.2, 0.25) is 0 Å². The molecule has 46 valence electrons. The lowest BCUT2D eigenvalue weighted by Gasteiger charge is -1.83. The molecule has 0 aliphatic rings. The molecule has 0 aromatic carbocycles. The van der Waals surface area contributed by atoms with Crippen LogP contribution in [0.1, 0.15) is 13.3 Å². The molecule has 0 aliphatic carbocycles. The van der Waals surface area contributed by atoms with Gasteiger partial charge in [-0.05, 0) is 19.4 Å². The molecular weight excluding hydrogens is 102 g/mol. The largest absolute Gasteiger partial charge is 0.516 e. The third-order valence-electron chi connectivity index (χ3n) is 0.681. The summed E-state index contributed by atoms with van der Waals surface area (Å²) in [4.78, 5) is 0. The lowest BCUT2D eigenvalue weighted by atomic mass is 10.3. The van der Waals surface area contributed by atoms with Gasteiger partial charge in [-0.25, -0.2) is 0 Å². The lowest BCUT2D eigenvalue weighted by molar-refractivity contribution is 0.471. The second-order valence-corrected chi connectivity index (χ2v) is 1.57. The maximum atomic E-state index is 8.13. The van der Waals surface area contributed by atoms with Crippen molar-refractivity contribution in [3.8, 4) is 0 Å². The fourth-order valence-corrected chi connectivity index (χ4v) is 0.315. The van der Waals surface area contributed by atoms with Gasteiger partial charge in [-0.1, -0.05) is 6.08 Å². The Bertz CT molecular complexity index is 101. The summed E-state index contributed by atoms with van der Waals surface area (Å²) in [6.07, 6.45) is 5.17. The number of hydrogen-bond acceptors (Lipinski definition) is 2. The highest BCUT2D eigenvalue weighted by molar-refractivity contribution is 4.96. The second-order valence-electron chi connectivity index (χ2n) is 1.57. The molecule has 0 spiro atoms. The quantitative estimate of drug-likeness (QED) is 0.530. The number of rotatable bonds is 2. The van der Waals surface area contributed by atoms with Crippen LogP contribution in [0.5, 0.6) is 0 Å². The van der Waals surface area contributed by atoms with E-state index < -0.39 is 0 Å². The molecular formula is C6H11NO. The minimum absolute atomic E-state index is 0.707. The van der Waals surface area contributed by atoms with Gasteiger partial charge in [0.1, 0.15) is 0 Å². The fourth-order valence-electron chi connectivity index (χ4n) is 0.315. The molecule has 0 unspecified atom stereocenters. The van der Waals surface area contributed by atoms with Gasteiger partial charge in [-0.3, -0.25) is 0 Å². The molecule has 0 fully saturated rings. The van der Waals surface area contributed by atoms with Crippen molar-refractivity contribution in [2.24, 2.45) is 5.73 Å². The first-order chi connectivity index (χ1) is 3.77. The van der Waals surface area contributed by atoms with Crippen molar-refractivity contribution in [2.45, 2.75) is 13.3 Å². The molecule has 0 atom stereocenters. The van der Waals surface area contributed by atoms with E-state index in [2.05, 4.69) is 0 Å². The normalized spacial score (nSPS) is 12.9. The van der Waals surface area contributed by atoms with Crippen molar-refractivity contribution in [2.75, 3.05) is 0 Å². The third kappa shape index (κ3) is 5.08. The van der Waals surface area contributed by atoms with E-state index in [-0.39, 0.29) is 0 Å². The van der Waals surface area contributed by atoms with Crippen LogP contribution in [0.15, 0.2) is 24.1 Å². The summed E-state index contributed by atoms with van der Waals surface area (Å²) in [7, 11) is 0. The second kappa shape index (κ2) is 4.24. The molecule has 0 heterocycles. The Labute approximate surface area is 49.3 Å². The lowest BCUT2D eigenvalue weighted by Crippen LogP contribution is -1.88. The Morgan fingerprint density at radius 3 is 2.75 bits per heavy atom. The summed E-state index contributed by atoms with van der Waals surface area (Å²) in [6.45, 7) is 1.81. The number of hydrogen-bond donors (Lipinski definition) is 2. The van der Waals surface area contributed by atoms with Crippen molar-refractivity contribution in [3.05, 3.63) is 24.1 Å². The number of allylic oxidation sites excluding steroid dienone is 3. The van der Waals surface area contributed by atoms with Crippen LogP contribution < -0.4 is 5.73 Å². The molecule has 8 heavy (non-hydrogen) atoms. The Kier molecular flexibility index (Phi) is 3.76. The molecule has 0 radical (unpaired) electrons. The van der Waals surface area contributed by atoms with E-state index in [1.54, 1.807) is 6.08 Å². The molecule has 2 nitrogen and oxygen atoms in total. The fraction of sp³-hybridized carbons (Fsp3) is 0.333.